The number of hydrogen-bond acceptors (Lipinski definition) is 5. The second kappa shape index (κ2) is 10.1. The average molecular weight is 430 g/mol. The molecule has 3 N–H and O–H groups in total. The van der Waals surface area contributed by atoms with E-state index in [2.05, 4.69) is 25.8 Å². The van der Waals surface area contributed by atoms with Gasteiger partial charge < -0.3 is 10.6 Å². The summed E-state index contributed by atoms with van der Waals surface area (Å²) in [5.41, 5.74) is 2.50. The molecule has 0 fully saturated rings. The van der Waals surface area contributed by atoms with Gasteiger partial charge in [-0.2, -0.15) is 5.10 Å². The fraction of sp³-hybridized carbons (Fsp3) is 0.200. The third-order valence-corrected chi connectivity index (χ3v) is 5.25. The number of halogens is 1. The molecule has 0 saturated carbocycles. The number of hydrogen-bond donors (Lipinski definition) is 3. The summed E-state index contributed by atoms with van der Waals surface area (Å²) in [5, 5.41) is 13.2. The summed E-state index contributed by atoms with van der Waals surface area (Å²) in [5.74, 6) is 0.237. The minimum Gasteiger partial charge on any atom is -0.352 e. The van der Waals surface area contributed by atoms with Crippen molar-refractivity contribution in [3.8, 4) is 0 Å². The summed E-state index contributed by atoms with van der Waals surface area (Å²) in [6, 6.07) is 12.2. The van der Waals surface area contributed by atoms with Gasteiger partial charge in [0, 0.05) is 23.5 Å². The Morgan fingerprint density at radius 3 is 2.59 bits per heavy atom. The number of amides is 2. The van der Waals surface area contributed by atoms with Crippen molar-refractivity contribution in [3.05, 3.63) is 70.5 Å². The minimum atomic E-state index is -0.251. The van der Waals surface area contributed by atoms with E-state index in [0.29, 0.717) is 29.1 Å². The number of aromatic amines is 1. The zero-order valence-electron chi connectivity index (χ0n) is 15.7. The largest absolute Gasteiger partial charge is 0.352 e. The topological polar surface area (TPSA) is 99.8 Å². The lowest BCUT2D eigenvalue weighted by Crippen LogP contribution is -2.24. The summed E-state index contributed by atoms with van der Waals surface area (Å²) in [6.45, 7) is 2.56. The van der Waals surface area contributed by atoms with E-state index in [1.807, 2.05) is 19.1 Å². The van der Waals surface area contributed by atoms with Gasteiger partial charge in [-0.05, 0) is 42.3 Å². The molecular weight excluding hydrogens is 410 g/mol. The average Bonchev–Trinajstić information content (AvgIpc) is 3.24. The molecule has 1 heterocycles. The Morgan fingerprint density at radius 2 is 1.93 bits per heavy atom. The summed E-state index contributed by atoms with van der Waals surface area (Å²) in [7, 11) is 0. The zero-order valence-corrected chi connectivity index (χ0v) is 17.3. The number of nitrogens with one attached hydrogen (secondary N) is 3. The van der Waals surface area contributed by atoms with Crippen LogP contribution in [0.15, 0.2) is 53.9 Å². The molecule has 0 bridgehead atoms. The number of rotatable bonds is 8. The molecule has 1 aromatic heterocycles. The first-order valence-corrected chi connectivity index (χ1v) is 10.4. The van der Waals surface area contributed by atoms with Crippen LogP contribution >= 0.6 is 23.4 Å². The van der Waals surface area contributed by atoms with Crippen molar-refractivity contribution >= 4 is 40.9 Å². The first-order chi connectivity index (χ1) is 14.1. The smallest absolute Gasteiger partial charge is 0.255 e. The van der Waals surface area contributed by atoms with Crippen LogP contribution in [-0.4, -0.2) is 33.5 Å². The highest BCUT2D eigenvalue weighted by atomic mass is 35.5. The minimum absolute atomic E-state index is 0.228. The van der Waals surface area contributed by atoms with Crippen LogP contribution in [0.4, 0.5) is 5.69 Å². The normalized spacial score (nSPS) is 10.6. The molecule has 3 rings (SSSR count). The molecule has 0 aliphatic heterocycles. The molecule has 0 aliphatic rings. The van der Waals surface area contributed by atoms with Crippen LogP contribution < -0.4 is 10.6 Å². The molecule has 0 saturated heterocycles. The third kappa shape index (κ3) is 5.82. The Morgan fingerprint density at radius 1 is 1.14 bits per heavy atom. The van der Waals surface area contributed by atoms with E-state index in [1.54, 1.807) is 30.3 Å². The number of aromatic nitrogens is 3. The van der Waals surface area contributed by atoms with E-state index in [9.17, 15) is 9.59 Å². The van der Waals surface area contributed by atoms with E-state index < -0.39 is 0 Å². The van der Waals surface area contributed by atoms with Crippen molar-refractivity contribution < 1.29 is 9.59 Å². The van der Waals surface area contributed by atoms with E-state index in [1.165, 1.54) is 18.1 Å². The number of H-pyrrole nitrogens is 1. The van der Waals surface area contributed by atoms with Crippen molar-refractivity contribution in [2.45, 2.75) is 24.3 Å². The number of carbonyl (C=O) groups is 2. The standard InChI is InChI=1S/C20H20ClN5O2S/c1-2-9-22-19(28)16-8-7-15(10-17(16)21)25-18(27)14-5-3-13(4-6-14)11-29-20-23-12-24-26-20/h3-8,10,12H,2,9,11H2,1H3,(H,22,28)(H,25,27)(H,23,24,26). The lowest BCUT2D eigenvalue weighted by molar-refractivity contribution is 0.0953. The summed E-state index contributed by atoms with van der Waals surface area (Å²) in [4.78, 5) is 28.6. The monoisotopic (exact) mass is 429 g/mol. The lowest BCUT2D eigenvalue weighted by Gasteiger charge is -2.09. The highest BCUT2D eigenvalue weighted by Gasteiger charge is 2.12. The van der Waals surface area contributed by atoms with E-state index in [0.717, 1.165) is 17.1 Å². The molecule has 0 radical (unpaired) electrons. The predicted molar refractivity (Wildman–Crippen MR) is 114 cm³/mol. The van der Waals surface area contributed by atoms with Crippen LogP contribution in [0, 0.1) is 0 Å². The molecule has 2 aromatic carbocycles. The quantitative estimate of drug-likeness (QED) is 0.467. The van der Waals surface area contributed by atoms with Crippen LogP contribution in [-0.2, 0) is 5.75 Å². The van der Waals surface area contributed by atoms with Gasteiger partial charge in [0.05, 0.1) is 10.6 Å². The van der Waals surface area contributed by atoms with Crippen molar-refractivity contribution in [2.24, 2.45) is 0 Å². The summed E-state index contributed by atoms with van der Waals surface area (Å²) < 4.78 is 0. The van der Waals surface area contributed by atoms with E-state index in [4.69, 9.17) is 11.6 Å². The fourth-order valence-corrected chi connectivity index (χ4v) is 3.48. The van der Waals surface area contributed by atoms with Crippen molar-refractivity contribution in [1.29, 1.82) is 0 Å². The van der Waals surface area contributed by atoms with Gasteiger partial charge in [-0.15, -0.1) is 0 Å². The zero-order chi connectivity index (χ0) is 20.6. The van der Waals surface area contributed by atoms with Crippen LogP contribution in [0.25, 0.3) is 0 Å². The van der Waals surface area contributed by atoms with Crippen LogP contribution in [0.5, 0.6) is 0 Å². The molecule has 0 aliphatic carbocycles. The molecule has 0 unspecified atom stereocenters. The van der Waals surface area contributed by atoms with E-state index >= 15 is 0 Å². The number of carbonyl (C=O) groups excluding carboxylic acids is 2. The number of nitrogens with zero attached hydrogens (tertiary/aromatic N) is 2. The highest BCUT2D eigenvalue weighted by molar-refractivity contribution is 7.98. The molecule has 3 aromatic rings. The van der Waals surface area contributed by atoms with Crippen molar-refractivity contribution in [3.63, 3.8) is 0 Å². The Labute approximate surface area is 177 Å². The Kier molecular flexibility index (Phi) is 7.26. The molecule has 29 heavy (non-hydrogen) atoms. The van der Waals surface area contributed by atoms with Gasteiger partial charge in [0.1, 0.15) is 6.33 Å². The Balaban J connectivity index is 1.59. The first-order valence-electron chi connectivity index (χ1n) is 9.03. The second-order valence-electron chi connectivity index (χ2n) is 6.18. The van der Waals surface area contributed by atoms with Gasteiger partial charge >= 0.3 is 0 Å². The Hall–Kier alpha value is -2.84. The maximum Gasteiger partial charge on any atom is 0.255 e. The van der Waals surface area contributed by atoms with Crippen LogP contribution in [0.3, 0.4) is 0 Å². The molecular formula is C20H20ClN5O2S. The molecule has 2 amide bonds. The Bertz CT molecular complexity index is 977. The summed E-state index contributed by atoms with van der Waals surface area (Å²) >= 11 is 7.73. The fourth-order valence-electron chi connectivity index (χ4n) is 2.48. The second-order valence-corrected chi connectivity index (χ2v) is 7.55. The molecule has 150 valence electrons. The number of anilines is 1. The summed E-state index contributed by atoms with van der Waals surface area (Å²) in [6.07, 6.45) is 2.31. The highest BCUT2D eigenvalue weighted by Crippen LogP contribution is 2.22. The van der Waals surface area contributed by atoms with Crippen LogP contribution in [0.1, 0.15) is 39.6 Å². The number of benzene rings is 2. The van der Waals surface area contributed by atoms with Crippen molar-refractivity contribution in [1.82, 2.24) is 20.5 Å². The van der Waals surface area contributed by atoms with Crippen molar-refractivity contribution in [2.75, 3.05) is 11.9 Å². The third-order valence-electron chi connectivity index (χ3n) is 3.99. The maximum absolute atomic E-state index is 12.5. The SMILES string of the molecule is CCCNC(=O)c1ccc(NC(=O)c2ccc(CSc3ncn[nH]3)cc2)cc1Cl. The van der Waals surface area contributed by atoms with Gasteiger partial charge in [-0.1, -0.05) is 42.4 Å². The van der Waals surface area contributed by atoms with Crippen LogP contribution in [0.2, 0.25) is 5.02 Å². The van der Waals surface area contributed by atoms with E-state index in [-0.39, 0.29) is 16.8 Å². The van der Waals surface area contributed by atoms with Gasteiger partial charge in [-0.25, -0.2) is 4.98 Å². The maximum atomic E-state index is 12.5. The van der Waals surface area contributed by atoms with Gasteiger partial charge in [0.25, 0.3) is 11.8 Å². The lowest BCUT2D eigenvalue weighted by atomic mass is 10.1. The van der Waals surface area contributed by atoms with Gasteiger partial charge in [0.15, 0.2) is 5.16 Å². The first kappa shape index (κ1) is 20.9. The molecule has 9 heteroatoms. The number of thioether (sulfide) groups is 1. The predicted octanol–water partition coefficient (Wildman–Crippen LogP) is 4.14. The molecule has 0 atom stereocenters. The van der Waals surface area contributed by atoms with Gasteiger partial charge in [-0.3, -0.25) is 14.7 Å². The molecule has 7 nitrogen and oxygen atoms in total. The van der Waals surface area contributed by atoms with Gasteiger partial charge in [0.2, 0.25) is 0 Å². The molecule has 0 spiro atoms.